The van der Waals surface area contributed by atoms with Crippen LogP contribution in [-0.4, -0.2) is 15.9 Å². The number of thiophene rings is 1. The molecule has 16 heavy (non-hydrogen) atoms. The van der Waals surface area contributed by atoms with Crippen LogP contribution in [0, 0.1) is 6.92 Å². The number of nitrogens with zero attached hydrogens (tertiary/aromatic N) is 2. The van der Waals surface area contributed by atoms with Gasteiger partial charge in [-0.1, -0.05) is 17.7 Å². The molecule has 2 aromatic rings. The topological polar surface area (TPSA) is 54.9 Å². The maximum absolute atomic E-state index is 11.7. The van der Waals surface area contributed by atoms with Crippen molar-refractivity contribution in [2.45, 2.75) is 6.92 Å². The maximum atomic E-state index is 11.7. The van der Waals surface area contributed by atoms with Gasteiger partial charge in [0.15, 0.2) is 0 Å². The number of hydrogen-bond donors (Lipinski definition) is 1. The van der Waals surface area contributed by atoms with Gasteiger partial charge in [-0.3, -0.25) is 10.1 Å². The molecular formula is C10H8ClN3OS. The lowest BCUT2D eigenvalue weighted by molar-refractivity contribution is 0.102. The predicted molar refractivity (Wildman–Crippen MR) is 64.1 cm³/mol. The van der Waals surface area contributed by atoms with Crippen molar-refractivity contribution in [3.63, 3.8) is 0 Å². The molecule has 1 N–H and O–H groups in total. The summed E-state index contributed by atoms with van der Waals surface area (Å²) in [6.45, 7) is 1.79. The van der Waals surface area contributed by atoms with E-state index in [4.69, 9.17) is 11.6 Å². The molecule has 0 aromatic carbocycles. The highest BCUT2D eigenvalue weighted by Gasteiger charge is 2.09. The van der Waals surface area contributed by atoms with Gasteiger partial charge in [-0.15, -0.1) is 11.3 Å². The zero-order valence-electron chi connectivity index (χ0n) is 8.40. The van der Waals surface area contributed by atoms with E-state index in [1.54, 1.807) is 19.1 Å². The Bertz CT molecular complexity index is 493. The number of aromatic nitrogens is 2. The van der Waals surface area contributed by atoms with Crippen LogP contribution in [0.1, 0.15) is 15.4 Å². The molecule has 0 aliphatic heterocycles. The molecule has 0 saturated carbocycles. The van der Waals surface area contributed by atoms with Crippen molar-refractivity contribution < 1.29 is 4.79 Å². The first-order chi connectivity index (χ1) is 7.65. The van der Waals surface area contributed by atoms with Crippen LogP contribution < -0.4 is 5.32 Å². The summed E-state index contributed by atoms with van der Waals surface area (Å²) in [5.41, 5.74) is 0.710. The Hall–Kier alpha value is -1.46. The first-order valence-corrected chi connectivity index (χ1v) is 5.77. The highest BCUT2D eigenvalue weighted by Crippen LogP contribution is 2.13. The summed E-state index contributed by atoms with van der Waals surface area (Å²) in [4.78, 5) is 20.3. The molecule has 2 aromatic heterocycles. The molecule has 2 heterocycles. The molecule has 0 bridgehead atoms. The van der Waals surface area contributed by atoms with E-state index in [9.17, 15) is 4.79 Å². The average molecular weight is 254 g/mol. The Morgan fingerprint density at radius 3 is 2.94 bits per heavy atom. The number of nitrogens with one attached hydrogen (secondary N) is 1. The molecule has 2 rings (SSSR count). The second kappa shape index (κ2) is 4.59. The van der Waals surface area contributed by atoms with Crippen LogP contribution in [-0.2, 0) is 0 Å². The van der Waals surface area contributed by atoms with E-state index in [0.29, 0.717) is 15.7 Å². The van der Waals surface area contributed by atoms with Gasteiger partial charge in [-0.05, 0) is 24.4 Å². The van der Waals surface area contributed by atoms with Crippen molar-refractivity contribution >= 4 is 34.8 Å². The second-order valence-electron chi connectivity index (χ2n) is 3.09. The SMILES string of the molecule is Cc1cc(Cl)nc(NC(=O)c2cccs2)n1. The largest absolute Gasteiger partial charge is 0.290 e. The van der Waals surface area contributed by atoms with Crippen molar-refractivity contribution in [3.05, 3.63) is 39.3 Å². The summed E-state index contributed by atoms with van der Waals surface area (Å²) in [6, 6.07) is 5.17. The molecule has 4 nitrogen and oxygen atoms in total. The number of amides is 1. The van der Waals surface area contributed by atoms with E-state index in [1.165, 1.54) is 11.3 Å². The normalized spacial score (nSPS) is 10.1. The number of aryl methyl sites for hydroxylation is 1. The number of anilines is 1. The van der Waals surface area contributed by atoms with E-state index in [-0.39, 0.29) is 11.9 Å². The number of hydrogen-bond acceptors (Lipinski definition) is 4. The van der Waals surface area contributed by atoms with Crippen LogP contribution >= 0.6 is 22.9 Å². The maximum Gasteiger partial charge on any atom is 0.268 e. The van der Waals surface area contributed by atoms with Gasteiger partial charge in [0.25, 0.3) is 5.91 Å². The Balaban J connectivity index is 2.18. The van der Waals surface area contributed by atoms with Gasteiger partial charge in [-0.25, -0.2) is 9.97 Å². The van der Waals surface area contributed by atoms with Crippen LogP contribution in [0.5, 0.6) is 0 Å². The summed E-state index contributed by atoms with van der Waals surface area (Å²) in [5.74, 6) is 0.0000617. The Kier molecular flexibility index (Phi) is 3.17. The number of halogens is 1. The van der Waals surface area contributed by atoms with Crippen molar-refractivity contribution in [3.8, 4) is 0 Å². The summed E-state index contributed by atoms with van der Waals surface area (Å²) in [7, 11) is 0. The van der Waals surface area contributed by atoms with Crippen LogP contribution in [0.25, 0.3) is 0 Å². The molecule has 6 heteroatoms. The van der Waals surface area contributed by atoms with Crippen molar-refractivity contribution in [2.24, 2.45) is 0 Å². The van der Waals surface area contributed by atoms with Crippen molar-refractivity contribution in [1.82, 2.24) is 9.97 Å². The quantitative estimate of drug-likeness (QED) is 0.838. The molecule has 0 unspecified atom stereocenters. The molecule has 0 aliphatic rings. The molecule has 0 fully saturated rings. The molecule has 0 spiro atoms. The molecule has 0 aliphatic carbocycles. The van der Waals surface area contributed by atoms with Gasteiger partial charge in [-0.2, -0.15) is 0 Å². The molecule has 0 saturated heterocycles. The van der Waals surface area contributed by atoms with Crippen LogP contribution in [0.15, 0.2) is 23.6 Å². The minimum atomic E-state index is -0.225. The lowest BCUT2D eigenvalue weighted by Gasteiger charge is -2.02. The fourth-order valence-corrected chi connectivity index (χ4v) is 2.01. The van der Waals surface area contributed by atoms with Crippen LogP contribution in [0.3, 0.4) is 0 Å². The average Bonchev–Trinajstić information content (AvgIpc) is 2.68. The van der Waals surface area contributed by atoms with E-state index in [2.05, 4.69) is 15.3 Å². The van der Waals surface area contributed by atoms with Gasteiger partial charge < -0.3 is 0 Å². The van der Waals surface area contributed by atoms with E-state index in [0.717, 1.165) is 0 Å². The van der Waals surface area contributed by atoms with Gasteiger partial charge in [0.2, 0.25) is 5.95 Å². The lowest BCUT2D eigenvalue weighted by Crippen LogP contribution is -2.13. The summed E-state index contributed by atoms with van der Waals surface area (Å²) in [5, 5.41) is 4.74. The van der Waals surface area contributed by atoms with Gasteiger partial charge in [0.1, 0.15) is 5.15 Å². The van der Waals surface area contributed by atoms with Gasteiger partial charge >= 0.3 is 0 Å². The summed E-state index contributed by atoms with van der Waals surface area (Å²) < 4.78 is 0. The highest BCUT2D eigenvalue weighted by atomic mass is 35.5. The third-order valence-electron chi connectivity index (χ3n) is 1.79. The first kappa shape index (κ1) is 11.0. The van der Waals surface area contributed by atoms with E-state index >= 15 is 0 Å². The minimum Gasteiger partial charge on any atom is -0.290 e. The standard InChI is InChI=1S/C10H8ClN3OS/c1-6-5-8(11)13-10(12-6)14-9(15)7-3-2-4-16-7/h2-5H,1H3,(H,12,13,14,15). The summed E-state index contributed by atoms with van der Waals surface area (Å²) in [6.07, 6.45) is 0. The fraction of sp³-hybridized carbons (Fsp3) is 0.100. The van der Waals surface area contributed by atoms with Crippen molar-refractivity contribution in [2.75, 3.05) is 5.32 Å². The smallest absolute Gasteiger partial charge is 0.268 e. The fourth-order valence-electron chi connectivity index (χ4n) is 1.16. The molecule has 1 amide bonds. The molecule has 0 atom stereocenters. The molecular weight excluding hydrogens is 246 g/mol. The highest BCUT2D eigenvalue weighted by molar-refractivity contribution is 7.12. The Morgan fingerprint density at radius 2 is 2.31 bits per heavy atom. The van der Waals surface area contributed by atoms with Gasteiger partial charge in [0, 0.05) is 5.69 Å². The first-order valence-electron chi connectivity index (χ1n) is 4.51. The monoisotopic (exact) mass is 253 g/mol. The Morgan fingerprint density at radius 1 is 1.50 bits per heavy atom. The number of carbonyl (C=O) groups is 1. The van der Waals surface area contributed by atoms with E-state index in [1.807, 2.05) is 11.4 Å². The second-order valence-corrected chi connectivity index (χ2v) is 4.42. The van der Waals surface area contributed by atoms with Gasteiger partial charge in [0.05, 0.1) is 4.88 Å². The summed E-state index contributed by atoms with van der Waals surface area (Å²) >= 11 is 7.12. The molecule has 0 radical (unpaired) electrons. The van der Waals surface area contributed by atoms with Crippen LogP contribution in [0.2, 0.25) is 5.15 Å². The lowest BCUT2D eigenvalue weighted by atomic mass is 10.4. The zero-order chi connectivity index (χ0) is 11.5. The zero-order valence-corrected chi connectivity index (χ0v) is 9.97. The Labute approximate surface area is 101 Å². The third-order valence-corrected chi connectivity index (χ3v) is 2.86. The van der Waals surface area contributed by atoms with Crippen molar-refractivity contribution in [1.29, 1.82) is 0 Å². The van der Waals surface area contributed by atoms with E-state index < -0.39 is 0 Å². The molecule has 82 valence electrons. The minimum absolute atomic E-state index is 0.225. The number of rotatable bonds is 2. The third kappa shape index (κ3) is 2.56. The predicted octanol–water partition coefficient (Wildman–Crippen LogP) is 2.75. The van der Waals surface area contributed by atoms with Crippen LogP contribution in [0.4, 0.5) is 5.95 Å². The number of carbonyl (C=O) groups excluding carboxylic acids is 1.